The largest absolute Gasteiger partial charge is 0.496 e. The molecular formula is C16H18N2O3. The maximum absolute atomic E-state index is 12.4. The molecule has 0 fully saturated rings. The molecule has 0 heterocycles. The van der Waals surface area contributed by atoms with Gasteiger partial charge in [0.15, 0.2) is 0 Å². The molecule has 0 spiro atoms. The summed E-state index contributed by atoms with van der Waals surface area (Å²) in [6.45, 7) is 2.41. The van der Waals surface area contributed by atoms with E-state index < -0.39 is 0 Å². The molecule has 0 saturated heterocycles. The van der Waals surface area contributed by atoms with Crippen LogP contribution in [0.3, 0.4) is 0 Å². The van der Waals surface area contributed by atoms with Crippen LogP contribution in [0.25, 0.3) is 0 Å². The standard InChI is InChI=1S/C16H18N2O3/c1-3-21-15-7-5-4-6-13(15)18-16(19)12-10-11(17)8-9-14(12)20-2/h4-10H,3,17H2,1-2H3,(H,18,19). The van der Waals surface area contributed by atoms with Crippen molar-refractivity contribution in [3.63, 3.8) is 0 Å². The van der Waals surface area contributed by atoms with Crippen LogP contribution in [0.2, 0.25) is 0 Å². The van der Waals surface area contributed by atoms with Crippen LogP contribution in [0.1, 0.15) is 17.3 Å². The van der Waals surface area contributed by atoms with E-state index in [0.717, 1.165) is 0 Å². The van der Waals surface area contributed by atoms with E-state index in [1.54, 1.807) is 30.3 Å². The van der Waals surface area contributed by atoms with Crippen LogP contribution < -0.4 is 20.5 Å². The van der Waals surface area contributed by atoms with Gasteiger partial charge in [0, 0.05) is 5.69 Å². The molecule has 2 aromatic carbocycles. The van der Waals surface area contributed by atoms with Gasteiger partial charge in [0.2, 0.25) is 0 Å². The number of para-hydroxylation sites is 2. The molecule has 0 radical (unpaired) electrons. The molecule has 5 heteroatoms. The van der Waals surface area contributed by atoms with Crippen LogP contribution >= 0.6 is 0 Å². The number of amides is 1. The number of hydrogen-bond acceptors (Lipinski definition) is 4. The highest BCUT2D eigenvalue weighted by atomic mass is 16.5. The highest BCUT2D eigenvalue weighted by Gasteiger charge is 2.14. The van der Waals surface area contributed by atoms with Crippen molar-refractivity contribution >= 4 is 17.3 Å². The van der Waals surface area contributed by atoms with Crippen molar-refractivity contribution < 1.29 is 14.3 Å². The molecular weight excluding hydrogens is 268 g/mol. The Balaban J connectivity index is 2.28. The summed E-state index contributed by atoms with van der Waals surface area (Å²) in [5, 5.41) is 2.81. The molecule has 3 N–H and O–H groups in total. The molecule has 0 bridgehead atoms. The van der Waals surface area contributed by atoms with Crippen molar-refractivity contribution in [1.82, 2.24) is 0 Å². The topological polar surface area (TPSA) is 73.6 Å². The Morgan fingerprint density at radius 1 is 1.19 bits per heavy atom. The maximum Gasteiger partial charge on any atom is 0.259 e. The van der Waals surface area contributed by atoms with Crippen molar-refractivity contribution in [3.05, 3.63) is 48.0 Å². The van der Waals surface area contributed by atoms with Crippen LogP contribution in [0, 0.1) is 0 Å². The second-order valence-corrected chi connectivity index (χ2v) is 4.34. The number of anilines is 2. The van der Waals surface area contributed by atoms with Crippen LogP contribution in [0.15, 0.2) is 42.5 Å². The first kappa shape index (κ1) is 14.7. The van der Waals surface area contributed by atoms with Crippen LogP contribution in [0.5, 0.6) is 11.5 Å². The number of ether oxygens (including phenoxy) is 2. The van der Waals surface area contributed by atoms with E-state index in [0.29, 0.717) is 35.0 Å². The van der Waals surface area contributed by atoms with Gasteiger partial charge in [-0.2, -0.15) is 0 Å². The third-order valence-corrected chi connectivity index (χ3v) is 2.90. The molecule has 0 atom stereocenters. The van der Waals surface area contributed by atoms with Crippen molar-refractivity contribution in [2.45, 2.75) is 6.92 Å². The molecule has 0 aliphatic rings. The number of hydrogen-bond donors (Lipinski definition) is 2. The molecule has 0 aliphatic heterocycles. The predicted octanol–water partition coefficient (Wildman–Crippen LogP) is 2.93. The Hall–Kier alpha value is -2.69. The lowest BCUT2D eigenvalue weighted by Gasteiger charge is -2.13. The molecule has 0 unspecified atom stereocenters. The van der Waals surface area contributed by atoms with Crippen LogP contribution in [0.4, 0.5) is 11.4 Å². The van der Waals surface area contributed by atoms with Crippen LogP contribution in [-0.2, 0) is 0 Å². The van der Waals surface area contributed by atoms with Crippen molar-refractivity contribution in [3.8, 4) is 11.5 Å². The maximum atomic E-state index is 12.4. The Bertz CT molecular complexity index is 641. The number of nitrogens with one attached hydrogen (secondary N) is 1. The summed E-state index contributed by atoms with van der Waals surface area (Å²) >= 11 is 0. The normalized spacial score (nSPS) is 10.0. The second-order valence-electron chi connectivity index (χ2n) is 4.34. The Morgan fingerprint density at radius 3 is 2.67 bits per heavy atom. The predicted molar refractivity (Wildman–Crippen MR) is 83.0 cm³/mol. The summed E-state index contributed by atoms with van der Waals surface area (Å²) < 4.78 is 10.7. The summed E-state index contributed by atoms with van der Waals surface area (Å²) in [6.07, 6.45) is 0. The number of carbonyl (C=O) groups excluding carboxylic acids is 1. The average molecular weight is 286 g/mol. The molecule has 0 aliphatic carbocycles. The fourth-order valence-corrected chi connectivity index (χ4v) is 1.94. The van der Waals surface area contributed by atoms with E-state index in [-0.39, 0.29) is 5.91 Å². The zero-order valence-electron chi connectivity index (χ0n) is 12.1. The molecule has 110 valence electrons. The van der Waals surface area contributed by atoms with Crippen molar-refractivity contribution in [1.29, 1.82) is 0 Å². The Labute approximate surface area is 123 Å². The zero-order chi connectivity index (χ0) is 15.2. The summed E-state index contributed by atoms with van der Waals surface area (Å²) in [6, 6.07) is 12.2. The average Bonchev–Trinajstić information content (AvgIpc) is 2.49. The molecule has 0 aromatic heterocycles. The van der Waals surface area contributed by atoms with Gasteiger partial charge in [-0.15, -0.1) is 0 Å². The van der Waals surface area contributed by atoms with E-state index in [2.05, 4.69) is 5.32 Å². The smallest absolute Gasteiger partial charge is 0.259 e. The number of nitrogens with two attached hydrogens (primary N) is 1. The number of methoxy groups -OCH3 is 1. The Kier molecular flexibility index (Phi) is 4.66. The summed E-state index contributed by atoms with van der Waals surface area (Å²) in [5.41, 5.74) is 7.21. The monoisotopic (exact) mass is 286 g/mol. The SMILES string of the molecule is CCOc1ccccc1NC(=O)c1cc(N)ccc1OC. The fourth-order valence-electron chi connectivity index (χ4n) is 1.94. The number of rotatable bonds is 5. The summed E-state index contributed by atoms with van der Waals surface area (Å²) in [7, 11) is 1.51. The molecule has 2 rings (SSSR count). The van der Waals surface area contributed by atoms with Gasteiger partial charge in [0.25, 0.3) is 5.91 Å². The Morgan fingerprint density at radius 2 is 1.95 bits per heavy atom. The van der Waals surface area contributed by atoms with E-state index in [9.17, 15) is 4.79 Å². The summed E-state index contributed by atoms with van der Waals surface area (Å²) in [5.74, 6) is 0.790. The number of carbonyl (C=O) groups is 1. The van der Waals surface area contributed by atoms with Crippen molar-refractivity contribution in [2.75, 3.05) is 24.8 Å². The highest BCUT2D eigenvalue weighted by Crippen LogP contribution is 2.27. The van der Waals surface area contributed by atoms with Gasteiger partial charge in [0.1, 0.15) is 11.5 Å². The lowest BCUT2D eigenvalue weighted by molar-refractivity contribution is 0.102. The minimum Gasteiger partial charge on any atom is -0.496 e. The minimum absolute atomic E-state index is 0.300. The lowest BCUT2D eigenvalue weighted by atomic mass is 10.1. The van der Waals surface area contributed by atoms with Crippen molar-refractivity contribution in [2.24, 2.45) is 0 Å². The molecule has 0 saturated carbocycles. The van der Waals surface area contributed by atoms with Gasteiger partial charge in [-0.05, 0) is 37.3 Å². The quantitative estimate of drug-likeness (QED) is 0.829. The highest BCUT2D eigenvalue weighted by molar-refractivity contribution is 6.07. The first-order chi connectivity index (χ1) is 10.2. The van der Waals surface area contributed by atoms with Crippen LogP contribution in [-0.4, -0.2) is 19.6 Å². The van der Waals surface area contributed by atoms with E-state index in [1.807, 2.05) is 19.1 Å². The van der Waals surface area contributed by atoms with Gasteiger partial charge >= 0.3 is 0 Å². The van der Waals surface area contributed by atoms with Gasteiger partial charge in [-0.3, -0.25) is 4.79 Å². The van der Waals surface area contributed by atoms with E-state index in [1.165, 1.54) is 7.11 Å². The fraction of sp³-hybridized carbons (Fsp3) is 0.188. The van der Waals surface area contributed by atoms with E-state index >= 15 is 0 Å². The molecule has 2 aromatic rings. The first-order valence-corrected chi connectivity index (χ1v) is 6.62. The molecule has 1 amide bonds. The number of benzene rings is 2. The van der Waals surface area contributed by atoms with Gasteiger partial charge in [0.05, 0.1) is 25.0 Å². The number of nitrogen functional groups attached to an aromatic ring is 1. The summed E-state index contributed by atoms with van der Waals surface area (Å²) in [4.78, 5) is 12.4. The molecule has 5 nitrogen and oxygen atoms in total. The molecule has 21 heavy (non-hydrogen) atoms. The second kappa shape index (κ2) is 6.65. The zero-order valence-corrected chi connectivity index (χ0v) is 12.1. The third kappa shape index (κ3) is 3.45. The van der Waals surface area contributed by atoms with Gasteiger partial charge in [-0.1, -0.05) is 12.1 Å². The van der Waals surface area contributed by atoms with Gasteiger partial charge < -0.3 is 20.5 Å². The van der Waals surface area contributed by atoms with Gasteiger partial charge in [-0.25, -0.2) is 0 Å². The third-order valence-electron chi connectivity index (χ3n) is 2.90. The minimum atomic E-state index is -0.300. The van der Waals surface area contributed by atoms with E-state index in [4.69, 9.17) is 15.2 Å². The lowest BCUT2D eigenvalue weighted by Crippen LogP contribution is -2.14. The first-order valence-electron chi connectivity index (χ1n) is 6.62.